The van der Waals surface area contributed by atoms with Crippen LogP contribution in [0.15, 0.2) is 77.7 Å². The molecule has 0 atom stereocenters. The summed E-state index contributed by atoms with van der Waals surface area (Å²) in [4.78, 5) is 25.9. The highest BCUT2D eigenvalue weighted by Crippen LogP contribution is 2.20. The second-order valence-electron chi connectivity index (χ2n) is 6.71. The molecule has 28 heavy (non-hydrogen) atoms. The molecule has 0 N–H and O–H groups in total. The summed E-state index contributed by atoms with van der Waals surface area (Å²) in [6.45, 7) is 3.65. The maximum atomic E-state index is 12.3. The van der Waals surface area contributed by atoms with Crippen LogP contribution in [-0.4, -0.2) is 29.0 Å². The molecule has 3 aromatic rings. The number of nitrogens with zero attached hydrogens (tertiary/aromatic N) is 2. The SMILES string of the molecule is CN1CCn2ccc(=O)c(OCc3ccccc3)c2C1=O.Cc1ccccc1. The lowest BCUT2D eigenvalue weighted by atomic mass is 10.2. The van der Waals surface area contributed by atoms with Crippen molar-refractivity contribution in [3.63, 3.8) is 0 Å². The highest BCUT2D eigenvalue weighted by molar-refractivity contribution is 5.95. The minimum atomic E-state index is -0.263. The van der Waals surface area contributed by atoms with E-state index in [9.17, 15) is 9.59 Å². The van der Waals surface area contributed by atoms with E-state index in [0.29, 0.717) is 18.8 Å². The molecule has 2 aromatic carbocycles. The highest BCUT2D eigenvalue weighted by Gasteiger charge is 2.26. The van der Waals surface area contributed by atoms with Gasteiger partial charge in [-0.05, 0) is 12.5 Å². The quantitative estimate of drug-likeness (QED) is 0.703. The molecular formula is C23H24N2O3. The number of carbonyl (C=O) groups is 1. The van der Waals surface area contributed by atoms with E-state index in [1.807, 2.05) is 48.5 Å². The molecule has 144 valence electrons. The lowest BCUT2D eigenvalue weighted by Gasteiger charge is -2.27. The standard InChI is InChI=1S/C16H16N2O3.C7H8/c1-17-9-10-18-8-7-13(19)15(14(18)16(17)20)21-11-12-5-3-2-4-6-12;1-7-5-3-2-4-6-7/h2-8H,9-11H2,1H3;2-6H,1H3. The molecule has 0 bridgehead atoms. The Kier molecular flexibility index (Phi) is 6.27. The van der Waals surface area contributed by atoms with Crippen molar-refractivity contribution in [2.45, 2.75) is 20.1 Å². The highest BCUT2D eigenvalue weighted by atomic mass is 16.5. The molecule has 0 unspecified atom stereocenters. The van der Waals surface area contributed by atoms with Gasteiger partial charge in [-0.15, -0.1) is 0 Å². The fourth-order valence-electron chi connectivity index (χ4n) is 2.90. The Morgan fingerprint density at radius 3 is 2.14 bits per heavy atom. The van der Waals surface area contributed by atoms with E-state index in [1.54, 1.807) is 22.7 Å². The summed E-state index contributed by atoms with van der Waals surface area (Å²) in [6, 6.07) is 21.3. The first-order valence-corrected chi connectivity index (χ1v) is 9.23. The first-order valence-electron chi connectivity index (χ1n) is 9.23. The maximum absolute atomic E-state index is 12.3. The summed E-state index contributed by atoms with van der Waals surface area (Å²) >= 11 is 0. The molecule has 0 radical (unpaired) electrons. The van der Waals surface area contributed by atoms with Crippen molar-refractivity contribution in [3.05, 3.63) is 100.0 Å². The second kappa shape index (κ2) is 9.04. The van der Waals surface area contributed by atoms with Gasteiger partial charge >= 0.3 is 0 Å². The van der Waals surface area contributed by atoms with Gasteiger partial charge in [-0.3, -0.25) is 9.59 Å². The van der Waals surface area contributed by atoms with Crippen molar-refractivity contribution in [3.8, 4) is 5.75 Å². The summed E-state index contributed by atoms with van der Waals surface area (Å²) < 4.78 is 7.44. The molecule has 1 aliphatic rings. The van der Waals surface area contributed by atoms with Crippen LogP contribution in [0.2, 0.25) is 0 Å². The molecule has 0 saturated carbocycles. The number of ether oxygens (including phenoxy) is 1. The lowest BCUT2D eigenvalue weighted by Crippen LogP contribution is -2.39. The average molecular weight is 376 g/mol. The molecular weight excluding hydrogens is 352 g/mol. The van der Waals surface area contributed by atoms with Gasteiger partial charge in [0, 0.05) is 32.4 Å². The number of amides is 1. The number of benzene rings is 2. The molecule has 1 aromatic heterocycles. The van der Waals surface area contributed by atoms with Crippen molar-refractivity contribution in [1.29, 1.82) is 0 Å². The zero-order chi connectivity index (χ0) is 19.9. The number of hydrogen-bond acceptors (Lipinski definition) is 3. The Balaban J connectivity index is 0.000000271. The van der Waals surface area contributed by atoms with Gasteiger partial charge < -0.3 is 14.2 Å². The average Bonchev–Trinajstić information content (AvgIpc) is 2.72. The number of rotatable bonds is 3. The van der Waals surface area contributed by atoms with E-state index in [1.165, 1.54) is 11.6 Å². The molecule has 0 fully saturated rings. The van der Waals surface area contributed by atoms with Crippen molar-refractivity contribution in [2.24, 2.45) is 0 Å². The Bertz CT molecular complexity index is 982. The number of carbonyl (C=O) groups excluding carboxylic acids is 1. The molecule has 0 aliphatic carbocycles. The fourth-order valence-corrected chi connectivity index (χ4v) is 2.90. The van der Waals surface area contributed by atoms with E-state index in [2.05, 4.69) is 19.1 Å². The first-order chi connectivity index (χ1) is 13.6. The van der Waals surface area contributed by atoms with Gasteiger partial charge in [-0.2, -0.15) is 0 Å². The number of aryl methyl sites for hydroxylation is 1. The summed E-state index contributed by atoms with van der Waals surface area (Å²) in [7, 11) is 1.73. The van der Waals surface area contributed by atoms with E-state index in [4.69, 9.17) is 4.74 Å². The smallest absolute Gasteiger partial charge is 0.274 e. The summed E-state index contributed by atoms with van der Waals surface area (Å²) in [5.74, 6) is -0.0417. The fraction of sp³-hybridized carbons (Fsp3) is 0.217. The van der Waals surface area contributed by atoms with Crippen molar-refractivity contribution in [1.82, 2.24) is 9.47 Å². The number of pyridine rings is 1. The van der Waals surface area contributed by atoms with Crippen LogP contribution in [0, 0.1) is 6.92 Å². The molecule has 5 heteroatoms. The van der Waals surface area contributed by atoms with Gasteiger partial charge in [0.1, 0.15) is 6.61 Å². The number of likely N-dealkylation sites (N-methyl/N-ethyl adjacent to an activating group) is 1. The molecule has 5 nitrogen and oxygen atoms in total. The summed E-state index contributed by atoms with van der Waals surface area (Å²) in [6.07, 6.45) is 1.65. The topological polar surface area (TPSA) is 51.5 Å². The Morgan fingerprint density at radius 2 is 1.54 bits per heavy atom. The van der Waals surface area contributed by atoms with Crippen LogP contribution >= 0.6 is 0 Å². The van der Waals surface area contributed by atoms with E-state index < -0.39 is 0 Å². The van der Waals surface area contributed by atoms with Gasteiger partial charge in [0.15, 0.2) is 11.4 Å². The molecule has 0 saturated heterocycles. The second-order valence-corrected chi connectivity index (χ2v) is 6.71. The summed E-state index contributed by atoms with van der Waals surface area (Å²) in [5, 5.41) is 0. The largest absolute Gasteiger partial charge is 0.483 e. The van der Waals surface area contributed by atoms with Gasteiger partial charge in [0.05, 0.1) is 0 Å². The van der Waals surface area contributed by atoms with Crippen LogP contribution in [0.25, 0.3) is 0 Å². The number of aromatic nitrogens is 1. The van der Waals surface area contributed by atoms with Crippen molar-refractivity contribution < 1.29 is 9.53 Å². The van der Waals surface area contributed by atoms with Gasteiger partial charge in [-0.25, -0.2) is 0 Å². The van der Waals surface area contributed by atoms with Crippen LogP contribution in [0.5, 0.6) is 5.75 Å². The normalized spacial score (nSPS) is 12.6. The molecule has 4 rings (SSSR count). The van der Waals surface area contributed by atoms with Crippen LogP contribution in [0.3, 0.4) is 0 Å². The maximum Gasteiger partial charge on any atom is 0.274 e. The van der Waals surface area contributed by atoms with Gasteiger partial charge in [0.2, 0.25) is 5.43 Å². The van der Waals surface area contributed by atoms with Crippen LogP contribution in [0.1, 0.15) is 21.6 Å². The van der Waals surface area contributed by atoms with Crippen LogP contribution in [-0.2, 0) is 13.2 Å². The van der Waals surface area contributed by atoms with E-state index >= 15 is 0 Å². The third-order valence-electron chi connectivity index (χ3n) is 4.52. The van der Waals surface area contributed by atoms with E-state index in [-0.39, 0.29) is 23.7 Å². The zero-order valence-corrected chi connectivity index (χ0v) is 16.2. The Morgan fingerprint density at radius 1 is 0.893 bits per heavy atom. The lowest BCUT2D eigenvalue weighted by molar-refractivity contribution is 0.0739. The third-order valence-corrected chi connectivity index (χ3v) is 4.52. The van der Waals surface area contributed by atoms with Gasteiger partial charge in [0.25, 0.3) is 5.91 Å². The van der Waals surface area contributed by atoms with Crippen molar-refractivity contribution in [2.75, 3.05) is 13.6 Å². The van der Waals surface area contributed by atoms with Crippen LogP contribution in [0.4, 0.5) is 0 Å². The van der Waals surface area contributed by atoms with E-state index in [0.717, 1.165) is 5.56 Å². The molecule has 0 spiro atoms. The summed E-state index contributed by atoms with van der Waals surface area (Å²) in [5.41, 5.74) is 2.35. The number of hydrogen-bond donors (Lipinski definition) is 0. The molecule has 2 heterocycles. The van der Waals surface area contributed by atoms with Gasteiger partial charge in [-0.1, -0.05) is 66.2 Å². The monoisotopic (exact) mass is 376 g/mol. The molecule has 1 amide bonds. The first kappa shape index (κ1) is 19.4. The minimum absolute atomic E-state index is 0.137. The minimum Gasteiger partial charge on any atom is -0.483 e. The molecule has 1 aliphatic heterocycles. The van der Waals surface area contributed by atoms with Crippen molar-refractivity contribution >= 4 is 5.91 Å². The number of fused-ring (bicyclic) bond motifs is 1. The predicted octanol–water partition coefficient (Wildman–Crippen LogP) is 3.51. The third kappa shape index (κ3) is 4.68. The Labute approximate surface area is 164 Å². The van der Waals surface area contributed by atoms with Crippen LogP contribution < -0.4 is 10.2 Å². The zero-order valence-electron chi connectivity index (χ0n) is 16.2. The Hall–Kier alpha value is -3.34. The predicted molar refractivity (Wildman–Crippen MR) is 110 cm³/mol.